The summed E-state index contributed by atoms with van der Waals surface area (Å²) < 4.78 is 1.94. The number of hydrazine groups is 1. The molecule has 1 aliphatic rings. The van der Waals surface area contributed by atoms with E-state index in [4.69, 9.17) is 17.4 Å². The number of nitrogens with two attached hydrogens (primary N) is 1. The molecule has 2 unspecified atom stereocenters. The second kappa shape index (κ2) is 5.85. The molecule has 20 heavy (non-hydrogen) atoms. The Labute approximate surface area is 127 Å². The second-order valence-corrected chi connectivity index (χ2v) is 6.54. The maximum atomic E-state index is 6.34. The van der Waals surface area contributed by atoms with Gasteiger partial charge in [0.05, 0.1) is 23.0 Å². The summed E-state index contributed by atoms with van der Waals surface area (Å²) in [6.45, 7) is 2.86. The number of nitrogens with zero attached hydrogens (tertiary/aromatic N) is 2. The first-order chi connectivity index (χ1) is 9.76. The van der Waals surface area contributed by atoms with Crippen LogP contribution in [-0.2, 0) is 13.0 Å². The summed E-state index contributed by atoms with van der Waals surface area (Å²) in [7, 11) is 0. The summed E-state index contributed by atoms with van der Waals surface area (Å²) in [5.74, 6) is 6.24. The van der Waals surface area contributed by atoms with Crippen molar-refractivity contribution in [2.45, 2.75) is 44.7 Å². The minimum absolute atomic E-state index is 0.0126. The minimum atomic E-state index is 0.0126. The quantitative estimate of drug-likeness (QED) is 0.673. The van der Waals surface area contributed by atoms with Gasteiger partial charge in [-0.05, 0) is 43.2 Å². The summed E-state index contributed by atoms with van der Waals surface area (Å²) in [4.78, 5) is 1.49. The number of aryl methyl sites for hydroxylation is 2. The van der Waals surface area contributed by atoms with Gasteiger partial charge in [0, 0.05) is 17.3 Å². The summed E-state index contributed by atoms with van der Waals surface area (Å²) in [6, 6.07) is 2.24. The zero-order chi connectivity index (χ0) is 14.1. The highest BCUT2D eigenvalue weighted by Crippen LogP contribution is 2.43. The summed E-state index contributed by atoms with van der Waals surface area (Å²) >= 11 is 8.19. The summed E-state index contributed by atoms with van der Waals surface area (Å²) in [5, 5.41) is 7.20. The predicted molar refractivity (Wildman–Crippen MR) is 83.0 cm³/mol. The van der Waals surface area contributed by atoms with E-state index in [1.165, 1.54) is 23.3 Å². The average Bonchev–Trinajstić information content (AvgIpc) is 3.07. The number of hydrogen-bond acceptors (Lipinski definition) is 4. The van der Waals surface area contributed by atoms with Gasteiger partial charge < -0.3 is 0 Å². The zero-order valence-electron chi connectivity index (χ0n) is 11.5. The molecule has 4 nitrogen and oxygen atoms in total. The molecule has 0 bridgehead atoms. The normalized spacial score (nSPS) is 19.9. The zero-order valence-corrected chi connectivity index (χ0v) is 13.0. The molecule has 0 aliphatic heterocycles. The Bertz CT molecular complexity index is 592. The molecule has 0 fully saturated rings. The third-order valence-electron chi connectivity index (χ3n) is 4.11. The molecule has 108 valence electrons. The monoisotopic (exact) mass is 310 g/mol. The summed E-state index contributed by atoms with van der Waals surface area (Å²) in [5.41, 5.74) is 5.40. The van der Waals surface area contributed by atoms with Crippen LogP contribution in [0.4, 0.5) is 0 Å². The molecule has 0 saturated carbocycles. The number of fused-ring (bicyclic) bond motifs is 1. The topological polar surface area (TPSA) is 55.9 Å². The number of aromatic nitrogens is 2. The SMILES string of the molecule is CCn1ncc(Cl)c1C(NN)C1CCCc2sccc21. The van der Waals surface area contributed by atoms with Crippen LogP contribution in [0.2, 0.25) is 5.02 Å². The molecule has 2 aromatic rings. The Morgan fingerprint density at radius 3 is 3.25 bits per heavy atom. The second-order valence-electron chi connectivity index (χ2n) is 5.14. The fourth-order valence-corrected chi connectivity index (χ4v) is 4.44. The molecule has 0 aromatic carbocycles. The van der Waals surface area contributed by atoms with Crippen LogP contribution in [-0.4, -0.2) is 9.78 Å². The molecule has 6 heteroatoms. The third-order valence-corrected chi connectivity index (χ3v) is 5.40. The van der Waals surface area contributed by atoms with E-state index >= 15 is 0 Å². The lowest BCUT2D eigenvalue weighted by atomic mass is 9.81. The highest BCUT2D eigenvalue weighted by atomic mass is 35.5. The fourth-order valence-electron chi connectivity index (χ4n) is 3.19. The number of thiophene rings is 1. The molecule has 3 N–H and O–H groups in total. The van der Waals surface area contributed by atoms with Gasteiger partial charge in [0.2, 0.25) is 0 Å². The lowest BCUT2D eigenvalue weighted by Gasteiger charge is -2.30. The van der Waals surface area contributed by atoms with E-state index in [0.717, 1.165) is 18.7 Å². The molecule has 0 saturated heterocycles. The van der Waals surface area contributed by atoms with Crippen molar-refractivity contribution < 1.29 is 0 Å². The van der Waals surface area contributed by atoms with Crippen LogP contribution in [0.25, 0.3) is 0 Å². The third kappa shape index (κ3) is 2.29. The Morgan fingerprint density at radius 1 is 1.65 bits per heavy atom. The molecule has 0 spiro atoms. The van der Waals surface area contributed by atoms with Crippen LogP contribution in [0.3, 0.4) is 0 Å². The van der Waals surface area contributed by atoms with Gasteiger partial charge in [-0.2, -0.15) is 5.10 Å². The van der Waals surface area contributed by atoms with Gasteiger partial charge in [0.15, 0.2) is 0 Å². The first-order valence-corrected chi connectivity index (χ1v) is 8.25. The van der Waals surface area contributed by atoms with Crippen molar-refractivity contribution in [2.75, 3.05) is 0 Å². The van der Waals surface area contributed by atoms with Crippen molar-refractivity contribution in [3.05, 3.63) is 38.8 Å². The Kier molecular flexibility index (Phi) is 4.12. The molecule has 2 heterocycles. The standard InChI is InChI=1S/C14H19ClN4S/c1-2-19-14(11(15)8-17-19)13(18-16)10-4-3-5-12-9(10)6-7-20-12/h6-8,10,13,18H,2-5,16H2,1H3. The average molecular weight is 311 g/mol. The molecule has 2 aromatic heterocycles. The molecule has 0 radical (unpaired) electrons. The van der Waals surface area contributed by atoms with Crippen molar-refractivity contribution in [2.24, 2.45) is 5.84 Å². The lowest BCUT2D eigenvalue weighted by Crippen LogP contribution is -2.35. The maximum absolute atomic E-state index is 6.34. The molecular formula is C14H19ClN4S. The van der Waals surface area contributed by atoms with Gasteiger partial charge in [-0.1, -0.05) is 11.6 Å². The van der Waals surface area contributed by atoms with Crippen molar-refractivity contribution in [3.63, 3.8) is 0 Å². The van der Waals surface area contributed by atoms with Crippen molar-refractivity contribution >= 4 is 22.9 Å². The maximum Gasteiger partial charge on any atom is 0.0834 e. The van der Waals surface area contributed by atoms with Crippen LogP contribution in [0.15, 0.2) is 17.6 Å². The first kappa shape index (κ1) is 14.1. The highest BCUT2D eigenvalue weighted by Gasteiger charge is 2.32. The molecule has 3 rings (SSSR count). The van der Waals surface area contributed by atoms with E-state index < -0.39 is 0 Å². The van der Waals surface area contributed by atoms with Gasteiger partial charge >= 0.3 is 0 Å². The van der Waals surface area contributed by atoms with E-state index in [1.54, 1.807) is 6.20 Å². The number of hydrogen-bond donors (Lipinski definition) is 2. The highest BCUT2D eigenvalue weighted by molar-refractivity contribution is 7.10. The molecule has 0 amide bonds. The van der Waals surface area contributed by atoms with Crippen LogP contribution in [0.5, 0.6) is 0 Å². The number of rotatable bonds is 4. The van der Waals surface area contributed by atoms with Gasteiger partial charge in [-0.15, -0.1) is 11.3 Å². The van der Waals surface area contributed by atoms with Crippen molar-refractivity contribution in [3.8, 4) is 0 Å². The first-order valence-electron chi connectivity index (χ1n) is 6.99. The van der Waals surface area contributed by atoms with Crippen LogP contribution in [0, 0.1) is 0 Å². The number of halogens is 1. The number of nitrogens with one attached hydrogen (secondary N) is 1. The largest absolute Gasteiger partial charge is 0.271 e. The lowest BCUT2D eigenvalue weighted by molar-refractivity contribution is 0.386. The van der Waals surface area contributed by atoms with E-state index in [9.17, 15) is 0 Å². The Balaban J connectivity index is 2.01. The van der Waals surface area contributed by atoms with Gasteiger partial charge in [-0.3, -0.25) is 16.0 Å². The van der Waals surface area contributed by atoms with E-state index in [-0.39, 0.29) is 6.04 Å². The van der Waals surface area contributed by atoms with Crippen LogP contribution in [0.1, 0.15) is 47.9 Å². The van der Waals surface area contributed by atoms with E-state index in [2.05, 4.69) is 28.9 Å². The van der Waals surface area contributed by atoms with Crippen LogP contribution < -0.4 is 11.3 Å². The molecular weight excluding hydrogens is 292 g/mol. The fraction of sp³-hybridized carbons (Fsp3) is 0.500. The Morgan fingerprint density at radius 2 is 2.50 bits per heavy atom. The van der Waals surface area contributed by atoms with E-state index in [0.29, 0.717) is 10.9 Å². The minimum Gasteiger partial charge on any atom is -0.271 e. The Hall–Kier alpha value is -0.880. The molecule has 2 atom stereocenters. The van der Waals surface area contributed by atoms with Gasteiger partial charge in [0.25, 0.3) is 0 Å². The van der Waals surface area contributed by atoms with Crippen LogP contribution >= 0.6 is 22.9 Å². The smallest absolute Gasteiger partial charge is 0.0834 e. The molecule has 1 aliphatic carbocycles. The summed E-state index contributed by atoms with van der Waals surface area (Å²) in [6.07, 6.45) is 5.22. The predicted octanol–water partition coefficient (Wildman–Crippen LogP) is 3.24. The van der Waals surface area contributed by atoms with Gasteiger partial charge in [0.1, 0.15) is 0 Å². The van der Waals surface area contributed by atoms with E-state index in [1.807, 2.05) is 16.0 Å². The van der Waals surface area contributed by atoms with Crippen molar-refractivity contribution in [1.29, 1.82) is 0 Å². The van der Waals surface area contributed by atoms with Crippen molar-refractivity contribution in [1.82, 2.24) is 15.2 Å². The van der Waals surface area contributed by atoms with Gasteiger partial charge in [-0.25, -0.2) is 0 Å².